The summed E-state index contributed by atoms with van der Waals surface area (Å²) in [5.41, 5.74) is 0. The maximum atomic E-state index is 11.4. The van der Waals surface area contributed by atoms with Gasteiger partial charge in [-0.2, -0.15) is 0 Å². The molecule has 94 valence electrons. The molecule has 0 unspecified atom stereocenters. The van der Waals surface area contributed by atoms with Crippen LogP contribution in [0.15, 0.2) is 4.40 Å². The lowest BCUT2D eigenvalue weighted by molar-refractivity contribution is 0.131. The van der Waals surface area contributed by atoms with Crippen molar-refractivity contribution in [2.24, 2.45) is 4.40 Å². The normalized spacial score (nSPS) is 12.2. The van der Waals surface area contributed by atoms with Crippen LogP contribution in [0, 0.1) is 0 Å². The predicted molar refractivity (Wildman–Crippen MR) is 60.8 cm³/mol. The van der Waals surface area contributed by atoms with Crippen LogP contribution in [-0.4, -0.2) is 64.3 Å². The van der Waals surface area contributed by atoms with Gasteiger partial charge >= 0.3 is 6.09 Å². The third-order valence-corrected chi connectivity index (χ3v) is 1.98. The van der Waals surface area contributed by atoms with Gasteiger partial charge in [0.2, 0.25) is 5.96 Å². The molecule has 0 aliphatic carbocycles. The van der Waals surface area contributed by atoms with E-state index in [1.165, 1.54) is 11.9 Å². The predicted octanol–water partition coefficient (Wildman–Crippen LogP) is -0.0481. The van der Waals surface area contributed by atoms with E-state index in [1.807, 2.05) is 0 Å². The van der Waals surface area contributed by atoms with Gasteiger partial charge in [-0.05, 0) is 6.92 Å². The summed E-state index contributed by atoms with van der Waals surface area (Å²) in [4.78, 5) is 13.8. The minimum atomic E-state index is -3.56. The van der Waals surface area contributed by atoms with Crippen LogP contribution in [0.25, 0.3) is 0 Å². The summed E-state index contributed by atoms with van der Waals surface area (Å²) < 4.78 is 30.3. The zero-order chi connectivity index (χ0) is 12.9. The molecule has 0 aliphatic rings. The second-order valence-electron chi connectivity index (χ2n) is 3.28. The van der Waals surface area contributed by atoms with Crippen molar-refractivity contribution in [2.75, 3.05) is 34.0 Å². The summed E-state index contributed by atoms with van der Waals surface area (Å²) in [7, 11) is 0.992. The minimum Gasteiger partial charge on any atom is -0.449 e. The lowest BCUT2D eigenvalue weighted by Crippen LogP contribution is -2.42. The molecule has 0 aromatic rings. The Bertz CT molecular complexity index is 375. The maximum Gasteiger partial charge on any atom is 0.416 e. The van der Waals surface area contributed by atoms with Gasteiger partial charge in [0.05, 0.1) is 12.9 Å². The summed E-state index contributed by atoms with van der Waals surface area (Å²) in [6.45, 7) is 1.87. The number of nitrogens with zero attached hydrogens (tertiary/aromatic N) is 3. The van der Waals surface area contributed by atoms with E-state index in [1.54, 1.807) is 21.0 Å². The maximum absolute atomic E-state index is 11.4. The molecule has 0 atom stereocenters. The van der Waals surface area contributed by atoms with Gasteiger partial charge in [-0.3, -0.25) is 0 Å². The van der Waals surface area contributed by atoms with Crippen LogP contribution >= 0.6 is 0 Å². The van der Waals surface area contributed by atoms with E-state index in [0.717, 1.165) is 11.2 Å². The molecule has 0 spiro atoms. The van der Waals surface area contributed by atoms with Crippen molar-refractivity contribution < 1.29 is 17.9 Å². The first-order valence-electron chi connectivity index (χ1n) is 4.56. The lowest BCUT2D eigenvalue weighted by Gasteiger charge is -2.23. The number of rotatable bonds is 2. The molecule has 1 amide bonds. The summed E-state index contributed by atoms with van der Waals surface area (Å²) in [5.74, 6) is 0.000880. The largest absolute Gasteiger partial charge is 0.449 e. The highest BCUT2D eigenvalue weighted by molar-refractivity contribution is 7.89. The third kappa shape index (κ3) is 4.96. The Balaban J connectivity index is 5.09. The molecule has 0 aromatic carbocycles. The molecule has 16 heavy (non-hydrogen) atoms. The van der Waals surface area contributed by atoms with Crippen molar-refractivity contribution in [3.8, 4) is 0 Å². The summed E-state index contributed by atoms with van der Waals surface area (Å²) in [6, 6.07) is 0. The molecule has 0 rings (SSSR count). The Morgan fingerprint density at radius 3 is 2.12 bits per heavy atom. The van der Waals surface area contributed by atoms with E-state index in [-0.39, 0.29) is 12.6 Å². The quantitative estimate of drug-likeness (QED) is 0.508. The third-order valence-electron chi connectivity index (χ3n) is 1.49. The Morgan fingerprint density at radius 2 is 1.81 bits per heavy atom. The number of sulfonamides is 1. The summed E-state index contributed by atoms with van der Waals surface area (Å²) >= 11 is 0. The van der Waals surface area contributed by atoms with E-state index in [2.05, 4.69) is 4.40 Å². The molecule has 0 N–H and O–H groups in total. The number of hydrogen-bond donors (Lipinski definition) is 0. The second kappa shape index (κ2) is 5.69. The van der Waals surface area contributed by atoms with Gasteiger partial charge in [0, 0.05) is 21.1 Å². The van der Waals surface area contributed by atoms with Gasteiger partial charge in [-0.25, -0.2) is 18.1 Å². The van der Waals surface area contributed by atoms with Crippen LogP contribution < -0.4 is 0 Å². The molecule has 0 saturated heterocycles. The first-order chi connectivity index (χ1) is 7.19. The van der Waals surface area contributed by atoms with E-state index >= 15 is 0 Å². The summed E-state index contributed by atoms with van der Waals surface area (Å²) in [6.07, 6.45) is 0.300. The highest BCUT2D eigenvalue weighted by Gasteiger charge is 2.19. The Morgan fingerprint density at radius 1 is 1.31 bits per heavy atom. The number of guanidine groups is 1. The van der Waals surface area contributed by atoms with E-state index in [4.69, 9.17) is 4.74 Å². The number of carbonyl (C=O) groups excluding carboxylic acids is 1. The number of hydrogen-bond acceptors (Lipinski definition) is 4. The molecule has 7 nitrogen and oxygen atoms in total. The van der Waals surface area contributed by atoms with Crippen molar-refractivity contribution in [2.45, 2.75) is 6.92 Å². The Labute approximate surface area is 95.7 Å². The fourth-order valence-corrected chi connectivity index (χ4v) is 1.48. The van der Waals surface area contributed by atoms with E-state index < -0.39 is 16.1 Å². The second-order valence-corrected chi connectivity index (χ2v) is 4.93. The molecule has 8 heteroatoms. The van der Waals surface area contributed by atoms with Crippen LogP contribution in [0.3, 0.4) is 0 Å². The lowest BCUT2D eigenvalue weighted by atomic mass is 10.7. The average Bonchev–Trinajstić information content (AvgIpc) is 2.11. The van der Waals surface area contributed by atoms with Crippen LogP contribution in [0.1, 0.15) is 6.92 Å². The van der Waals surface area contributed by atoms with E-state index in [9.17, 15) is 13.2 Å². The topological polar surface area (TPSA) is 79.3 Å². The van der Waals surface area contributed by atoms with Crippen molar-refractivity contribution in [3.63, 3.8) is 0 Å². The SMILES string of the molecule is CCOC(=O)N(C)/C(=N/S(C)(=O)=O)N(C)C. The molecule has 0 aromatic heterocycles. The van der Waals surface area contributed by atoms with Gasteiger partial charge in [0.15, 0.2) is 0 Å². The molecule has 0 bridgehead atoms. The van der Waals surface area contributed by atoms with Gasteiger partial charge in [-0.15, -0.1) is 4.40 Å². The van der Waals surface area contributed by atoms with Crippen molar-refractivity contribution in [3.05, 3.63) is 0 Å². The van der Waals surface area contributed by atoms with Crippen LogP contribution in [0.4, 0.5) is 4.79 Å². The van der Waals surface area contributed by atoms with Crippen molar-refractivity contribution >= 4 is 22.1 Å². The first-order valence-corrected chi connectivity index (χ1v) is 6.41. The fourth-order valence-electron chi connectivity index (χ4n) is 0.893. The van der Waals surface area contributed by atoms with Crippen LogP contribution in [0.2, 0.25) is 0 Å². The summed E-state index contributed by atoms with van der Waals surface area (Å²) in [5, 5.41) is 0. The number of ether oxygens (including phenoxy) is 1. The standard InChI is InChI=1S/C8H17N3O4S/c1-6-15-8(12)11(4)7(10(2)3)9-16(5,13)14/h6H2,1-5H3/b9-7+. The highest BCUT2D eigenvalue weighted by atomic mass is 32.2. The van der Waals surface area contributed by atoms with Gasteiger partial charge in [0.1, 0.15) is 0 Å². The first kappa shape index (κ1) is 14.7. The highest BCUT2D eigenvalue weighted by Crippen LogP contribution is 1.99. The van der Waals surface area contributed by atoms with Gasteiger partial charge in [0.25, 0.3) is 10.0 Å². The van der Waals surface area contributed by atoms with Crippen molar-refractivity contribution in [1.82, 2.24) is 9.80 Å². The van der Waals surface area contributed by atoms with Crippen molar-refractivity contribution in [1.29, 1.82) is 0 Å². The van der Waals surface area contributed by atoms with E-state index in [0.29, 0.717) is 0 Å². The van der Waals surface area contributed by atoms with Gasteiger partial charge in [-0.1, -0.05) is 0 Å². The zero-order valence-electron chi connectivity index (χ0n) is 10.1. The Kier molecular flexibility index (Phi) is 5.22. The van der Waals surface area contributed by atoms with Crippen LogP contribution in [-0.2, 0) is 14.8 Å². The molecule has 0 heterocycles. The zero-order valence-corrected chi connectivity index (χ0v) is 10.9. The molecular weight excluding hydrogens is 234 g/mol. The minimum absolute atomic E-state index is 0.000880. The monoisotopic (exact) mass is 251 g/mol. The molecular formula is C8H17N3O4S. The molecule has 0 saturated carbocycles. The fraction of sp³-hybridized carbons (Fsp3) is 0.750. The number of amides is 1. The smallest absolute Gasteiger partial charge is 0.416 e. The molecule has 0 radical (unpaired) electrons. The Hall–Kier alpha value is -1.31. The van der Waals surface area contributed by atoms with Gasteiger partial charge < -0.3 is 9.64 Å². The van der Waals surface area contributed by atoms with Crippen LogP contribution in [0.5, 0.6) is 0 Å². The average molecular weight is 251 g/mol. The molecule has 0 aliphatic heterocycles. The molecule has 0 fully saturated rings. The number of carbonyl (C=O) groups is 1.